The van der Waals surface area contributed by atoms with Crippen molar-refractivity contribution < 1.29 is 17.5 Å². The van der Waals surface area contributed by atoms with Gasteiger partial charge in [0.15, 0.2) is 21.4 Å². The molecule has 9 heteroatoms. The Morgan fingerprint density at radius 1 is 1.10 bits per heavy atom. The van der Waals surface area contributed by atoms with Gasteiger partial charge in [-0.1, -0.05) is 0 Å². The molecule has 0 atom stereocenters. The highest BCUT2D eigenvalue weighted by atomic mass is 32.2. The van der Waals surface area contributed by atoms with E-state index in [2.05, 4.69) is 15.3 Å². The number of nitrogens with one attached hydrogen (secondary N) is 1. The summed E-state index contributed by atoms with van der Waals surface area (Å²) in [6, 6.07) is 12.7. The molecule has 0 spiro atoms. The first-order valence-corrected chi connectivity index (χ1v) is 11.4. The minimum Gasteiger partial charge on any atom is -0.494 e. The van der Waals surface area contributed by atoms with E-state index in [-0.39, 0.29) is 16.4 Å². The summed E-state index contributed by atoms with van der Waals surface area (Å²) in [5.41, 5.74) is 1.77. The van der Waals surface area contributed by atoms with Crippen LogP contribution in [-0.2, 0) is 9.84 Å². The van der Waals surface area contributed by atoms with E-state index in [0.29, 0.717) is 35.9 Å². The van der Waals surface area contributed by atoms with Crippen LogP contribution in [0.4, 0.5) is 16.0 Å². The molecule has 3 rings (SSSR count). The number of benzene rings is 2. The van der Waals surface area contributed by atoms with Crippen molar-refractivity contribution in [3.05, 3.63) is 60.5 Å². The van der Waals surface area contributed by atoms with Crippen LogP contribution in [0.3, 0.4) is 0 Å². The predicted octanol–water partition coefficient (Wildman–Crippen LogP) is 3.76. The highest BCUT2D eigenvalue weighted by Gasteiger charge is 2.14. The fourth-order valence-electron chi connectivity index (χ4n) is 2.97. The quantitative estimate of drug-likeness (QED) is 0.538. The molecule has 31 heavy (non-hydrogen) atoms. The first kappa shape index (κ1) is 22.6. The average molecular weight is 445 g/mol. The number of halogens is 1. The van der Waals surface area contributed by atoms with Crippen LogP contribution >= 0.6 is 0 Å². The van der Waals surface area contributed by atoms with Gasteiger partial charge in [0, 0.05) is 17.4 Å². The van der Waals surface area contributed by atoms with Crippen LogP contribution in [0.25, 0.3) is 11.3 Å². The normalized spacial score (nSPS) is 11.5. The third-order valence-electron chi connectivity index (χ3n) is 4.59. The first-order valence-electron chi connectivity index (χ1n) is 9.70. The summed E-state index contributed by atoms with van der Waals surface area (Å²) in [5.74, 6) is 0.0976. The molecule has 0 saturated carbocycles. The van der Waals surface area contributed by atoms with Gasteiger partial charge in [-0.3, -0.25) is 0 Å². The zero-order valence-electron chi connectivity index (χ0n) is 17.7. The van der Waals surface area contributed by atoms with Gasteiger partial charge in [-0.2, -0.15) is 0 Å². The molecule has 0 unspecified atom stereocenters. The molecule has 1 heterocycles. The maximum Gasteiger partial charge on any atom is 0.227 e. The van der Waals surface area contributed by atoms with E-state index in [1.807, 2.05) is 19.0 Å². The Hall–Kier alpha value is -3.04. The van der Waals surface area contributed by atoms with Crippen LogP contribution in [0.5, 0.6) is 5.75 Å². The maximum absolute atomic E-state index is 14.0. The molecule has 7 nitrogen and oxygen atoms in total. The third-order valence-corrected chi connectivity index (χ3v) is 6.41. The molecule has 2 aromatic carbocycles. The summed E-state index contributed by atoms with van der Waals surface area (Å²) < 4.78 is 43.8. The lowest BCUT2D eigenvalue weighted by Crippen LogP contribution is -2.17. The van der Waals surface area contributed by atoms with Gasteiger partial charge in [0.1, 0.15) is 0 Å². The van der Waals surface area contributed by atoms with Crippen LogP contribution in [0.2, 0.25) is 0 Å². The first-order chi connectivity index (χ1) is 14.8. The second-order valence-electron chi connectivity index (χ2n) is 7.24. The Kier molecular flexibility index (Phi) is 7.19. The number of methoxy groups -OCH3 is 1. The molecule has 1 aromatic heterocycles. The minimum atomic E-state index is -3.33. The van der Waals surface area contributed by atoms with Gasteiger partial charge in [-0.25, -0.2) is 22.8 Å². The predicted molar refractivity (Wildman–Crippen MR) is 119 cm³/mol. The van der Waals surface area contributed by atoms with Gasteiger partial charge in [-0.15, -0.1) is 0 Å². The number of sulfone groups is 1. The lowest BCUT2D eigenvalue weighted by Gasteiger charge is -2.10. The maximum atomic E-state index is 14.0. The zero-order chi connectivity index (χ0) is 22.4. The van der Waals surface area contributed by atoms with E-state index in [9.17, 15) is 12.8 Å². The van der Waals surface area contributed by atoms with Gasteiger partial charge in [-0.05, 0) is 75.6 Å². The van der Waals surface area contributed by atoms with Crippen molar-refractivity contribution in [1.82, 2.24) is 14.9 Å². The van der Waals surface area contributed by atoms with Crippen molar-refractivity contribution >= 4 is 21.5 Å². The van der Waals surface area contributed by atoms with E-state index >= 15 is 0 Å². The molecule has 0 aliphatic rings. The summed E-state index contributed by atoms with van der Waals surface area (Å²) in [6.07, 6.45) is 2.14. The van der Waals surface area contributed by atoms with E-state index < -0.39 is 15.7 Å². The van der Waals surface area contributed by atoms with E-state index in [0.717, 1.165) is 0 Å². The summed E-state index contributed by atoms with van der Waals surface area (Å²) in [6.45, 7) is 0.713. The van der Waals surface area contributed by atoms with Crippen molar-refractivity contribution in [3.63, 3.8) is 0 Å². The van der Waals surface area contributed by atoms with Crippen LogP contribution < -0.4 is 10.1 Å². The zero-order valence-corrected chi connectivity index (χ0v) is 18.5. The topological polar surface area (TPSA) is 84.4 Å². The van der Waals surface area contributed by atoms with E-state index in [1.54, 1.807) is 42.6 Å². The highest BCUT2D eigenvalue weighted by Crippen LogP contribution is 2.25. The van der Waals surface area contributed by atoms with Crippen molar-refractivity contribution in [3.8, 4) is 17.0 Å². The number of ether oxygens (including phenoxy) is 1. The molecule has 1 N–H and O–H groups in total. The SMILES string of the molecule is COc1ccc(-c2ccnc(Nc3ccc(S(=O)(=O)CCCN(C)C)cc3)n2)cc1F. The molecule has 0 fully saturated rings. The molecule has 0 aliphatic carbocycles. The fourth-order valence-corrected chi connectivity index (χ4v) is 4.26. The molecule has 3 aromatic rings. The molecule has 0 aliphatic heterocycles. The molecule has 0 amide bonds. The van der Waals surface area contributed by atoms with Gasteiger partial charge in [0.25, 0.3) is 0 Å². The van der Waals surface area contributed by atoms with Crippen molar-refractivity contribution in [2.24, 2.45) is 0 Å². The lowest BCUT2D eigenvalue weighted by atomic mass is 10.1. The molecule has 164 valence electrons. The molecule has 0 saturated heterocycles. The molecule has 0 radical (unpaired) electrons. The number of rotatable bonds is 9. The van der Waals surface area contributed by atoms with E-state index in [4.69, 9.17) is 4.74 Å². The average Bonchev–Trinajstić information content (AvgIpc) is 2.74. The number of hydrogen-bond acceptors (Lipinski definition) is 7. The number of hydrogen-bond donors (Lipinski definition) is 1. The van der Waals surface area contributed by atoms with Crippen molar-refractivity contribution in [2.75, 3.05) is 38.8 Å². The van der Waals surface area contributed by atoms with Gasteiger partial charge >= 0.3 is 0 Å². The van der Waals surface area contributed by atoms with E-state index in [1.165, 1.54) is 19.2 Å². The Labute approximate surface area is 181 Å². The smallest absolute Gasteiger partial charge is 0.227 e. The number of nitrogens with zero attached hydrogens (tertiary/aromatic N) is 3. The lowest BCUT2D eigenvalue weighted by molar-refractivity contribution is 0.386. The van der Waals surface area contributed by atoms with Gasteiger partial charge in [0.05, 0.1) is 23.5 Å². The van der Waals surface area contributed by atoms with Crippen LogP contribution in [-0.4, -0.2) is 56.8 Å². The van der Waals surface area contributed by atoms with Gasteiger partial charge in [0.2, 0.25) is 5.95 Å². The Balaban J connectivity index is 1.72. The monoisotopic (exact) mass is 444 g/mol. The molecule has 0 bridgehead atoms. The second-order valence-corrected chi connectivity index (χ2v) is 9.35. The van der Waals surface area contributed by atoms with Crippen molar-refractivity contribution in [2.45, 2.75) is 11.3 Å². The largest absolute Gasteiger partial charge is 0.494 e. The standard InChI is InChI=1S/C22H25FN4O3S/c1-27(2)13-4-14-31(28,29)18-8-6-17(7-9-18)25-22-24-12-11-20(26-22)16-5-10-21(30-3)19(23)15-16/h5-12,15H,4,13-14H2,1-3H3,(H,24,25,26). The molecular formula is C22H25FN4O3S. The summed E-state index contributed by atoms with van der Waals surface area (Å²) in [7, 11) is 1.90. The minimum absolute atomic E-state index is 0.0987. The second kappa shape index (κ2) is 9.84. The number of anilines is 2. The Morgan fingerprint density at radius 2 is 1.84 bits per heavy atom. The third kappa shape index (κ3) is 5.99. The fraction of sp³-hybridized carbons (Fsp3) is 0.273. The highest BCUT2D eigenvalue weighted by molar-refractivity contribution is 7.91. The Bertz CT molecular complexity index is 1140. The van der Waals surface area contributed by atoms with Crippen LogP contribution in [0, 0.1) is 5.82 Å². The number of aromatic nitrogens is 2. The van der Waals surface area contributed by atoms with Gasteiger partial charge < -0.3 is 15.0 Å². The summed E-state index contributed by atoms with van der Waals surface area (Å²) in [4.78, 5) is 10.8. The van der Waals surface area contributed by atoms with Crippen molar-refractivity contribution in [1.29, 1.82) is 0 Å². The van der Waals surface area contributed by atoms with Crippen LogP contribution in [0.1, 0.15) is 6.42 Å². The molecular weight excluding hydrogens is 419 g/mol. The Morgan fingerprint density at radius 3 is 2.48 bits per heavy atom. The summed E-state index contributed by atoms with van der Waals surface area (Å²) >= 11 is 0. The van der Waals surface area contributed by atoms with Crippen LogP contribution in [0.15, 0.2) is 59.6 Å². The summed E-state index contributed by atoms with van der Waals surface area (Å²) in [5, 5.41) is 3.05.